The molecule has 166 valence electrons. The third-order valence-electron chi connectivity index (χ3n) is 8.03. The number of carbonyl (C=O) groups is 1. The van der Waals surface area contributed by atoms with Crippen LogP contribution in [-0.4, -0.2) is 46.3 Å². The van der Waals surface area contributed by atoms with E-state index in [0.29, 0.717) is 23.8 Å². The van der Waals surface area contributed by atoms with Crippen LogP contribution in [-0.2, 0) is 7.05 Å². The van der Waals surface area contributed by atoms with E-state index in [4.69, 9.17) is 5.10 Å². The number of aryl methyl sites for hydroxylation is 2. The average molecular weight is 421 g/mol. The Morgan fingerprint density at radius 2 is 1.90 bits per heavy atom. The van der Waals surface area contributed by atoms with Crippen molar-refractivity contribution in [1.82, 2.24) is 20.0 Å². The number of nitrogens with zero attached hydrogens (tertiary/aromatic N) is 3. The van der Waals surface area contributed by atoms with Crippen molar-refractivity contribution in [3.05, 3.63) is 52.8 Å². The topological polar surface area (TPSA) is 50.2 Å². The number of aromatic nitrogens is 2. The molecule has 0 spiro atoms. The second-order valence-corrected chi connectivity index (χ2v) is 10.1. The zero-order valence-electron chi connectivity index (χ0n) is 19.0. The van der Waals surface area contributed by atoms with E-state index in [2.05, 4.69) is 28.0 Å². The molecule has 1 amide bonds. The van der Waals surface area contributed by atoms with Gasteiger partial charge in [-0.25, -0.2) is 0 Å². The number of nitrogens with one attached hydrogen (secondary N) is 1. The van der Waals surface area contributed by atoms with E-state index in [9.17, 15) is 4.79 Å². The number of piperidine rings is 3. The van der Waals surface area contributed by atoms with Crippen molar-refractivity contribution in [2.24, 2.45) is 13.0 Å². The molecule has 6 rings (SSSR count). The molecule has 4 atom stereocenters. The van der Waals surface area contributed by atoms with Crippen LogP contribution in [0, 0.1) is 12.8 Å². The fourth-order valence-corrected chi connectivity index (χ4v) is 6.15. The van der Waals surface area contributed by atoms with Gasteiger partial charge in [0, 0.05) is 49.3 Å². The molecule has 2 bridgehead atoms. The van der Waals surface area contributed by atoms with Gasteiger partial charge in [0.25, 0.3) is 5.91 Å². The highest BCUT2D eigenvalue weighted by Crippen LogP contribution is 2.42. The first-order valence-corrected chi connectivity index (χ1v) is 12.2. The van der Waals surface area contributed by atoms with Crippen LogP contribution >= 0.6 is 0 Å². The number of amides is 1. The lowest BCUT2D eigenvalue weighted by Gasteiger charge is -2.50. The molecule has 4 unspecified atom stereocenters. The number of hydrogen-bond acceptors (Lipinski definition) is 3. The summed E-state index contributed by atoms with van der Waals surface area (Å²) in [4.78, 5) is 15.2. The highest BCUT2D eigenvalue weighted by atomic mass is 16.1. The van der Waals surface area contributed by atoms with Gasteiger partial charge in [-0.1, -0.05) is 37.0 Å². The Kier molecular flexibility index (Phi) is 5.87. The monoisotopic (exact) mass is 420 g/mol. The summed E-state index contributed by atoms with van der Waals surface area (Å²) in [6, 6.07) is 10.7. The second-order valence-electron chi connectivity index (χ2n) is 10.1. The lowest BCUT2D eigenvalue weighted by molar-refractivity contribution is 0.0280. The second kappa shape index (κ2) is 8.78. The van der Waals surface area contributed by atoms with E-state index in [-0.39, 0.29) is 5.91 Å². The largest absolute Gasteiger partial charge is 0.350 e. The molecule has 5 heteroatoms. The fraction of sp³-hybridized carbons (Fsp3) is 0.615. The van der Waals surface area contributed by atoms with Gasteiger partial charge < -0.3 is 5.32 Å². The highest BCUT2D eigenvalue weighted by molar-refractivity contribution is 5.94. The Morgan fingerprint density at radius 1 is 1.13 bits per heavy atom. The molecule has 3 aliphatic heterocycles. The molecule has 1 aliphatic carbocycles. The molecular weight excluding hydrogens is 384 g/mol. The molecule has 31 heavy (non-hydrogen) atoms. The molecule has 5 nitrogen and oxygen atoms in total. The summed E-state index contributed by atoms with van der Waals surface area (Å²) in [6.07, 6.45) is 9.13. The number of carbonyl (C=O) groups excluding carboxylic acids is 1. The summed E-state index contributed by atoms with van der Waals surface area (Å²) in [7, 11) is 2.14. The lowest BCUT2D eigenvalue weighted by atomic mass is 9.74. The van der Waals surface area contributed by atoms with Gasteiger partial charge in [-0.05, 0) is 63.3 Å². The molecule has 3 saturated heterocycles. The SMILES string of the molecule is Cc1ccc(C(=O)NCC2CC3CCN2CC3c2cc(C3CCCCC3)nn2C)cc1. The minimum absolute atomic E-state index is 0.0444. The summed E-state index contributed by atoms with van der Waals surface area (Å²) in [5, 5.41) is 8.14. The van der Waals surface area contributed by atoms with Crippen LogP contribution in [0.15, 0.2) is 30.3 Å². The van der Waals surface area contributed by atoms with Gasteiger partial charge in [-0.2, -0.15) is 5.10 Å². The van der Waals surface area contributed by atoms with Gasteiger partial charge in [0.1, 0.15) is 0 Å². The van der Waals surface area contributed by atoms with Crippen molar-refractivity contribution in [2.75, 3.05) is 19.6 Å². The van der Waals surface area contributed by atoms with Gasteiger partial charge in [-0.3, -0.25) is 14.4 Å². The van der Waals surface area contributed by atoms with Gasteiger partial charge in [0.05, 0.1) is 5.69 Å². The summed E-state index contributed by atoms with van der Waals surface area (Å²) in [5.74, 6) is 1.98. The van der Waals surface area contributed by atoms with Crippen molar-refractivity contribution >= 4 is 5.91 Å². The fourth-order valence-electron chi connectivity index (χ4n) is 6.15. The zero-order chi connectivity index (χ0) is 21.4. The Bertz CT molecular complexity index is 912. The van der Waals surface area contributed by atoms with E-state index in [1.807, 2.05) is 31.2 Å². The van der Waals surface area contributed by atoms with Gasteiger partial charge in [-0.15, -0.1) is 0 Å². The standard InChI is InChI=1S/C26H36N4O/c1-18-8-10-20(11-9-18)26(31)27-16-22-14-21-12-13-30(22)17-23(21)25-15-24(28-29(25)2)19-6-4-3-5-7-19/h8-11,15,19,21-23H,3-7,12-14,16-17H2,1-2H3,(H,27,31). The summed E-state index contributed by atoms with van der Waals surface area (Å²) in [6.45, 7) is 5.04. The molecule has 4 aliphatic rings. The quantitative estimate of drug-likeness (QED) is 0.781. The van der Waals surface area contributed by atoms with Crippen molar-refractivity contribution in [3.8, 4) is 0 Å². The number of benzene rings is 1. The summed E-state index contributed by atoms with van der Waals surface area (Å²) >= 11 is 0. The van der Waals surface area contributed by atoms with Gasteiger partial charge >= 0.3 is 0 Å². The molecule has 1 N–H and O–H groups in total. The molecular formula is C26H36N4O. The van der Waals surface area contributed by atoms with Crippen LogP contribution in [0.2, 0.25) is 0 Å². The molecule has 4 heterocycles. The highest BCUT2D eigenvalue weighted by Gasteiger charge is 2.42. The summed E-state index contributed by atoms with van der Waals surface area (Å²) in [5.41, 5.74) is 4.69. The third-order valence-corrected chi connectivity index (χ3v) is 8.03. The normalized spacial score (nSPS) is 28.6. The van der Waals surface area contributed by atoms with E-state index in [1.54, 1.807) is 0 Å². The smallest absolute Gasteiger partial charge is 0.251 e. The number of rotatable bonds is 5. The van der Waals surface area contributed by atoms with Crippen LogP contribution < -0.4 is 5.32 Å². The van der Waals surface area contributed by atoms with Crippen LogP contribution in [0.25, 0.3) is 0 Å². The Balaban J connectivity index is 1.21. The Morgan fingerprint density at radius 3 is 2.61 bits per heavy atom. The molecule has 4 fully saturated rings. The maximum Gasteiger partial charge on any atom is 0.251 e. The van der Waals surface area contributed by atoms with E-state index < -0.39 is 0 Å². The number of fused-ring (bicyclic) bond motifs is 3. The maximum absolute atomic E-state index is 12.5. The average Bonchev–Trinajstić information content (AvgIpc) is 3.20. The predicted molar refractivity (Wildman–Crippen MR) is 123 cm³/mol. The first-order valence-electron chi connectivity index (χ1n) is 12.2. The van der Waals surface area contributed by atoms with E-state index in [1.165, 1.54) is 61.9 Å². The van der Waals surface area contributed by atoms with Crippen LogP contribution in [0.5, 0.6) is 0 Å². The van der Waals surface area contributed by atoms with Gasteiger partial charge in [0.2, 0.25) is 0 Å². The molecule has 1 aromatic carbocycles. The van der Waals surface area contributed by atoms with Crippen LogP contribution in [0.1, 0.15) is 84.1 Å². The molecule has 1 aromatic heterocycles. The minimum Gasteiger partial charge on any atom is -0.350 e. The van der Waals surface area contributed by atoms with Crippen molar-refractivity contribution in [3.63, 3.8) is 0 Å². The van der Waals surface area contributed by atoms with E-state index in [0.717, 1.165) is 25.2 Å². The predicted octanol–water partition coefficient (Wildman–Crippen LogP) is 4.38. The molecule has 2 aromatic rings. The van der Waals surface area contributed by atoms with Crippen molar-refractivity contribution < 1.29 is 4.79 Å². The number of hydrogen-bond donors (Lipinski definition) is 1. The Hall–Kier alpha value is -2.14. The zero-order valence-corrected chi connectivity index (χ0v) is 19.0. The summed E-state index contributed by atoms with van der Waals surface area (Å²) < 4.78 is 2.17. The maximum atomic E-state index is 12.5. The first kappa shape index (κ1) is 20.7. The third kappa shape index (κ3) is 4.30. The Labute approximate surface area is 186 Å². The van der Waals surface area contributed by atoms with E-state index >= 15 is 0 Å². The van der Waals surface area contributed by atoms with Crippen LogP contribution in [0.3, 0.4) is 0 Å². The van der Waals surface area contributed by atoms with Crippen molar-refractivity contribution in [2.45, 2.75) is 69.7 Å². The van der Waals surface area contributed by atoms with Crippen LogP contribution in [0.4, 0.5) is 0 Å². The minimum atomic E-state index is 0.0444. The van der Waals surface area contributed by atoms with Crippen molar-refractivity contribution in [1.29, 1.82) is 0 Å². The molecule has 0 radical (unpaired) electrons. The first-order chi connectivity index (χ1) is 15.1. The lowest BCUT2D eigenvalue weighted by Crippen LogP contribution is -2.56. The van der Waals surface area contributed by atoms with Gasteiger partial charge in [0.15, 0.2) is 0 Å². The molecule has 1 saturated carbocycles.